The van der Waals surface area contributed by atoms with Crippen LogP contribution in [0.1, 0.15) is 29.1 Å². The van der Waals surface area contributed by atoms with Crippen LogP contribution in [0.3, 0.4) is 0 Å². The minimum absolute atomic E-state index is 0.0583. The third-order valence-corrected chi connectivity index (χ3v) is 3.26. The standard InChI is InChI=1S/C16H17FN2O3/c1-10(15(22-2)11-6-3-4-7-12(11)17)18-14-9-5-8-13(19-14)16(20)21/h3-10,15H,1-2H3,(H,18,19)(H,20,21). The summed E-state index contributed by atoms with van der Waals surface area (Å²) in [6.45, 7) is 1.82. The molecule has 2 rings (SSSR count). The van der Waals surface area contributed by atoms with Crippen LogP contribution in [-0.4, -0.2) is 29.2 Å². The SMILES string of the molecule is COC(c1ccccc1F)C(C)Nc1cccc(C(=O)O)n1. The van der Waals surface area contributed by atoms with Crippen molar-refractivity contribution in [3.05, 3.63) is 59.5 Å². The van der Waals surface area contributed by atoms with E-state index >= 15 is 0 Å². The number of pyridine rings is 1. The Hall–Kier alpha value is -2.47. The summed E-state index contributed by atoms with van der Waals surface area (Å²) in [6.07, 6.45) is -0.531. The Balaban J connectivity index is 2.19. The first kappa shape index (κ1) is 15.9. The zero-order valence-corrected chi connectivity index (χ0v) is 12.3. The highest BCUT2D eigenvalue weighted by atomic mass is 19.1. The Bertz CT molecular complexity index is 663. The molecule has 116 valence electrons. The maximum atomic E-state index is 13.9. The minimum Gasteiger partial charge on any atom is -0.477 e. The number of halogens is 1. The van der Waals surface area contributed by atoms with E-state index in [0.717, 1.165) is 0 Å². The number of carboxylic acids is 1. The van der Waals surface area contributed by atoms with Crippen LogP contribution in [0.25, 0.3) is 0 Å². The van der Waals surface area contributed by atoms with Crippen LogP contribution in [0.5, 0.6) is 0 Å². The van der Waals surface area contributed by atoms with Crippen LogP contribution in [0, 0.1) is 5.82 Å². The van der Waals surface area contributed by atoms with E-state index in [1.54, 1.807) is 30.3 Å². The maximum absolute atomic E-state index is 13.9. The van der Waals surface area contributed by atoms with Crippen molar-refractivity contribution in [3.63, 3.8) is 0 Å². The van der Waals surface area contributed by atoms with Crippen molar-refractivity contribution in [1.29, 1.82) is 0 Å². The van der Waals surface area contributed by atoms with Gasteiger partial charge in [-0.25, -0.2) is 14.2 Å². The number of hydrogen-bond acceptors (Lipinski definition) is 4. The first-order chi connectivity index (χ1) is 10.5. The Morgan fingerprint density at radius 1 is 1.27 bits per heavy atom. The molecule has 6 heteroatoms. The largest absolute Gasteiger partial charge is 0.477 e. The summed E-state index contributed by atoms with van der Waals surface area (Å²) >= 11 is 0. The molecular weight excluding hydrogens is 287 g/mol. The highest BCUT2D eigenvalue weighted by Gasteiger charge is 2.22. The van der Waals surface area contributed by atoms with Crippen LogP contribution >= 0.6 is 0 Å². The fraction of sp³-hybridized carbons (Fsp3) is 0.250. The number of ether oxygens (including phenoxy) is 1. The van der Waals surface area contributed by atoms with Gasteiger partial charge in [-0.1, -0.05) is 24.3 Å². The van der Waals surface area contributed by atoms with E-state index < -0.39 is 12.1 Å². The van der Waals surface area contributed by atoms with Gasteiger partial charge in [0.15, 0.2) is 5.69 Å². The number of nitrogens with zero attached hydrogens (tertiary/aromatic N) is 1. The van der Waals surface area contributed by atoms with Gasteiger partial charge in [0.05, 0.1) is 6.04 Å². The summed E-state index contributed by atoms with van der Waals surface area (Å²) in [5.74, 6) is -1.06. The van der Waals surface area contributed by atoms with Crippen LogP contribution in [0.2, 0.25) is 0 Å². The molecule has 1 aromatic carbocycles. The Labute approximate surface area is 127 Å². The molecule has 2 N–H and O–H groups in total. The normalized spacial score (nSPS) is 13.4. The van der Waals surface area contributed by atoms with Gasteiger partial charge in [0.25, 0.3) is 0 Å². The smallest absolute Gasteiger partial charge is 0.354 e. The van der Waals surface area contributed by atoms with E-state index in [2.05, 4.69) is 10.3 Å². The number of aromatic carboxylic acids is 1. The van der Waals surface area contributed by atoms with E-state index in [1.165, 1.54) is 19.2 Å². The second-order valence-electron chi connectivity index (χ2n) is 4.82. The van der Waals surface area contributed by atoms with E-state index in [4.69, 9.17) is 9.84 Å². The van der Waals surface area contributed by atoms with Gasteiger partial charge in [-0.3, -0.25) is 0 Å². The van der Waals surface area contributed by atoms with Crippen molar-refractivity contribution < 1.29 is 19.0 Å². The molecule has 0 aliphatic carbocycles. The first-order valence-electron chi connectivity index (χ1n) is 6.77. The van der Waals surface area contributed by atoms with Gasteiger partial charge in [-0.05, 0) is 25.1 Å². The highest BCUT2D eigenvalue weighted by Crippen LogP contribution is 2.25. The summed E-state index contributed by atoms with van der Waals surface area (Å²) in [4.78, 5) is 14.9. The fourth-order valence-corrected chi connectivity index (χ4v) is 2.25. The average Bonchev–Trinajstić information content (AvgIpc) is 2.50. The van der Waals surface area contributed by atoms with Gasteiger partial charge in [0, 0.05) is 12.7 Å². The molecule has 0 aliphatic rings. The van der Waals surface area contributed by atoms with Crippen molar-refractivity contribution in [1.82, 2.24) is 4.98 Å². The molecule has 1 aromatic heterocycles. The Morgan fingerprint density at radius 3 is 2.64 bits per heavy atom. The summed E-state index contributed by atoms with van der Waals surface area (Å²) in [5, 5.41) is 12.0. The molecule has 0 amide bonds. The van der Waals surface area contributed by atoms with Gasteiger partial charge >= 0.3 is 5.97 Å². The van der Waals surface area contributed by atoms with Gasteiger partial charge in [-0.2, -0.15) is 0 Å². The van der Waals surface area contributed by atoms with Crippen LogP contribution in [-0.2, 0) is 4.74 Å². The summed E-state index contributed by atoms with van der Waals surface area (Å²) in [6, 6.07) is 10.7. The van der Waals surface area contributed by atoms with Gasteiger partial charge < -0.3 is 15.2 Å². The summed E-state index contributed by atoms with van der Waals surface area (Å²) in [5.41, 5.74) is 0.372. The number of carbonyl (C=O) groups is 1. The van der Waals surface area contributed by atoms with Crippen molar-refractivity contribution in [2.24, 2.45) is 0 Å². The van der Waals surface area contributed by atoms with Crippen molar-refractivity contribution in [2.45, 2.75) is 19.1 Å². The van der Waals surface area contributed by atoms with E-state index in [0.29, 0.717) is 11.4 Å². The predicted octanol–water partition coefficient (Wildman–Crippen LogP) is 3.11. The number of hydrogen-bond donors (Lipinski definition) is 2. The lowest BCUT2D eigenvalue weighted by atomic mass is 10.0. The fourth-order valence-electron chi connectivity index (χ4n) is 2.25. The lowest BCUT2D eigenvalue weighted by Crippen LogP contribution is -2.27. The van der Waals surface area contributed by atoms with Crippen LogP contribution < -0.4 is 5.32 Å². The van der Waals surface area contributed by atoms with Crippen LogP contribution in [0.4, 0.5) is 10.2 Å². The highest BCUT2D eigenvalue weighted by molar-refractivity contribution is 5.85. The molecule has 5 nitrogen and oxygen atoms in total. The molecule has 2 unspecified atom stereocenters. The molecule has 0 saturated heterocycles. The second-order valence-corrected chi connectivity index (χ2v) is 4.82. The predicted molar refractivity (Wildman–Crippen MR) is 80.4 cm³/mol. The third kappa shape index (κ3) is 3.59. The molecule has 22 heavy (non-hydrogen) atoms. The summed E-state index contributed by atoms with van der Waals surface area (Å²) < 4.78 is 19.3. The minimum atomic E-state index is -1.10. The van der Waals surface area contributed by atoms with Gasteiger partial charge in [0.2, 0.25) is 0 Å². The number of anilines is 1. The molecule has 0 bridgehead atoms. The zero-order chi connectivity index (χ0) is 16.1. The molecule has 0 radical (unpaired) electrons. The monoisotopic (exact) mass is 304 g/mol. The number of aromatic nitrogens is 1. The molecule has 0 fully saturated rings. The van der Waals surface area contributed by atoms with Gasteiger partial charge in [-0.15, -0.1) is 0 Å². The maximum Gasteiger partial charge on any atom is 0.354 e. The summed E-state index contributed by atoms with van der Waals surface area (Å²) in [7, 11) is 1.50. The van der Waals surface area contributed by atoms with Crippen molar-refractivity contribution in [3.8, 4) is 0 Å². The first-order valence-corrected chi connectivity index (χ1v) is 6.77. The number of rotatable bonds is 6. The number of methoxy groups -OCH3 is 1. The molecule has 0 saturated carbocycles. The molecule has 1 heterocycles. The third-order valence-electron chi connectivity index (χ3n) is 3.26. The number of nitrogens with one attached hydrogen (secondary N) is 1. The topological polar surface area (TPSA) is 71.5 Å². The molecule has 0 spiro atoms. The number of benzene rings is 1. The lowest BCUT2D eigenvalue weighted by molar-refractivity contribution is 0.0690. The van der Waals surface area contributed by atoms with E-state index in [1.807, 2.05) is 6.92 Å². The Morgan fingerprint density at radius 2 is 2.00 bits per heavy atom. The second kappa shape index (κ2) is 7.00. The van der Waals surface area contributed by atoms with E-state index in [-0.39, 0.29) is 17.6 Å². The van der Waals surface area contributed by atoms with E-state index in [9.17, 15) is 9.18 Å². The molecular formula is C16H17FN2O3. The zero-order valence-electron chi connectivity index (χ0n) is 12.3. The quantitative estimate of drug-likeness (QED) is 0.858. The Kier molecular flexibility index (Phi) is 5.06. The molecule has 0 aliphatic heterocycles. The van der Waals surface area contributed by atoms with Gasteiger partial charge in [0.1, 0.15) is 17.7 Å². The molecule has 2 aromatic rings. The average molecular weight is 304 g/mol. The van der Waals surface area contributed by atoms with Crippen LogP contribution in [0.15, 0.2) is 42.5 Å². The lowest BCUT2D eigenvalue weighted by Gasteiger charge is -2.25. The van der Waals surface area contributed by atoms with Crippen molar-refractivity contribution in [2.75, 3.05) is 12.4 Å². The number of carboxylic acid groups (broad SMARTS) is 1. The molecule has 2 atom stereocenters. The van der Waals surface area contributed by atoms with Crippen molar-refractivity contribution >= 4 is 11.8 Å².